The Bertz CT molecular complexity index is 669. The van der Waals surface area contributed by atoms with Crippen LogP contribution >= 0.6 is 0 Å². The summed E-state index contributed by atoms with van der Waals surface area (Å²) >= 11 is 0. The Balaban J connectivity index is 2.40. The Morgan fingerprint density at radius 1 is 1.20 bits per heavy atom. The summed E-state index contributed by atoms with van der Waals surface area (Å²) in [4.78, 5) is 11.2. The first-order valence-corrected chi connectivity index (χ1v) is 7.81. The van der Waals surface area contributed by atoms with Crippen LogP contribution in [0.2, 0.25) is 0 Å². The van der Waals surface area contributed by atoms with E-state index in [4.69, 9.17) is 5.11 Å². The molecule has 1 aliphatic rings. The van der Waals surface area contributed by atoms with E-state index in [1.165, 1.54) is 6.07 Å². The second kappa shape index (κ2) is 5.38. The number of benzene rings is 1. The maximum atomic E-state index is 12.4. The Kier molecular flexibility index (Phi) is 3.96. The first-order chi connectivity index (χ1) is 9.31. The molecule has 0 aromatic heterocycles. The van der Waals surface area contributed by atoms with Crippen molar-refractivity contribution in [3.63, 3.8) is 0 Å². The summed E-state index contributed by atoms with van der Waals surface area (Å²) in [6, 6.07) is 2.68. The molecule has 0 atom stereocenters. The summed E-state index contributed by atoms with van der Waals surface area (Å²) in [5.41, 5.74) is 1.11. The van der Waals surface area contributed by atoms with Crippen molar-refractivity contribution in [1.82, 2.24) is 4.72 Å². The van der Waals surface area contributed by atoms with E-state index in [2.05, 4.69) is 4.72 Å². The molecule has 1 aliphatic carbocycles. The first-order valence-electron chi connectivity index (χ1n) is 6.33. The van der Waals surface area contributed by atoms with Crippen LogP contribution in [0.25, 0.3) is 0 Å². The summed E-state index contributed by atoms with van der Waals surface area (Å²) in [7, 11) is -3.70. The van der Waals surface area contributed by atoms with E-state index in [0.29, 0.717) is 24.0 Å². The van der Waals surface area contributed by atoms with Gasteiger partial charge in [-0.3, -0.25) is 0 Å². The number of rotatable bonds is 4. The van der Waals surface area contributed by atoms with Gasteiger partial charge in [-0.1, -0.05) is 18.2 Å². The predicted molar refractivity (Wildman–Crippen MR) is 75.4 cm³/mol. The highest BCUT2D eigenvalue weighted by atomic mass is 32.2. The Morgan fingerprint density at radius 3 is 2.35 bits per heavy atom. The number of carboxylic acid groups (broad SMARTS) is 1. The van der Waals surface area contributed by atoms with E-state index < -0.39 is 16.0 Å². The minimum atomic E-state index is -3.70. The molecule has 5 nitrogen and oxygen atoms in total. The zero-order chi connectivity index (χ0) is 14.9. The van der Waals surface area contributed by atoms with Gasteiger partial charge in [-0.15, -0.1) is 0 Å². The third kappa shape index (κ3) is 2.91. The van der Waals surface area contributed by atoms with Gasteiger partial charge in [-0.05, 0) is 43.9 Å². The summed E-state index contributed by atoms with van der Waals surface area (Å²) < 4.78 is 27.3. The number of aromatic carboxylic acids is 1. The Labute approximate surface area is 118 Å². The van der Waals surface area contributed by atoms with Gasteiger partial charge in [-0.2, -0.15) is 0 Å². The van der Waals surface area contributed by atoms with Crippen LogP contribution < -0.4 is 4.72 Å². The third-order valence-corrected chi connectivity index (χ3v) is 5.03. The van der Waals surface area contributed by atoms with Gasteiger partial charge in [-0.25, -0.2) is 17.9 Å². The molecule has 6 heteroatoms. The molecule has 0 bridgehead atoms. The van der Waals surface area contributed by atoms with E-state index in [1.807, 2.05) is 12.2 Å². The van der Waals surface area contributed by atoms with Gasteiger partial charge in [0, 0.05) is 6.04 Å². The van der Waals surface area contributed by atoms with Gasteiger partial charge in [0.15, 0.2) is 0 Å². The monoisotopic (exact) mass is 295 g/mol. The van der Waals surface area contributed by atoms with Crippen LogP contribution in [-0.2, 0) is 10.0 Å². The van der Waals surface area contributed by atoms with Gasteiger partial charge in [0.2, 0.25) is 10.0 Å². The van der Waals surface area contributed by atoms with Crippen molar-refractivity contribution in [2.45, 2.75) is 37.6 Å². The van der Waals surface area contributed by atoms with E-state index >= 15 is 0 Å². The van der Waals surface area contributed by atoms with Crippen molar-refractivity contribution in [1.29, 1.82) is 0 Å². The second-order valence-corrected chi connectivity index (χ2v) is 6.68. The number of hydrogen-bond donors (Lipinski definition) is 2. The van der Waals surface area contributed by atoms with Crippen molar-refractivity contribution in [2.24, 2.45) is 0 Å². The van der Waals surface area contributed by atoms with Crippen molar-refractivity contribution in [3.8, 4) is 0 Å². The van der Waals surface area contributed by atoms with E-state index in [1.54, 1.807) is 19.9 Å². The molecule has 0 radical (unpaired) electrons. The second-order valence-electron chi connectivity index (χ2n) is 5.00. The number of sulfonamides is 1. The number of nitrogens with one attached hydrogen (secondary N) is 1. The van der Waals surface area contributed by atoms with Crippen molar-refractivity contribution in [3.05, 3.63) is 41.0 Å². The highest BCUT2D eigenvalue weighted by Crippen LogP contribution is 2.22. The van der Waals surface area contributed by atoms with Gasteiger partial charge in [0.1, 0.15) is 0 Å². The largest absolute Gasteiger partial charge is 0.478 e. The number of hydrogen-bond acceptors (Lipinski definition) is 3. The van der Waals surface area contributed by atoms with Crippen LogP contribution in [0.1, 0.15) is 34.3 Å². The van der Waals surface area contributed by atoms with Crippen molar-refractivity contribution < 1.29 is 18.3 Å². The summed E-state index contributed by atoms with van der Waals surface area (Å²) in [6.07, 6.45) is 5.18. The maximum absolute atomic E-state index is 12.4. The molecule has 1 aromatic rings. The minimum absolute atomic E-state index is 0.0144. The average Bonchev–Trinajstić information content (AvgIpc) is 2.79. The summed E-state index contributed by atoms with van der Waals surface area (Å²) in [5, 5.41) is 9.11. The number of carbonyl (C=O) groups is 1. The molecule has 0 aliphatic heterocycles. The molecule has 0 saturated carbocycles. The van der Waals surface area contributed by atoms with Crippen molar-refractivity contribution in [2.75, 3.05) is 0 Å². The fraction of sp³-hybridized carbons (Fsp3) is 0.357. The zero-order valence-electron chi connectivity index (χ0n) is 11.4. The smallest absolute Gasteiger partial charge is 0.335 e. The lowest BCUT2D eigenvalue weighted by Gasteiger charge is -2.15. The van der Waals surface area contributed by atoms with Crippen LogP contribution in [0.15, 0.2) is 29.2 Å². The molecule has 2 rings (SSSR count). The fourth-order valence-electron chi connectivity index (χ4n) is 2.35. The van der Waals surface area contributed by atoms with Gasteiger partial charge < -0.3 is 5.11 Å². The molecular weight excluding hydrogens is 278 g/mol. The Hall–Kier alpha value is -1.66. The molecule has 0 fully saturated rings. The predicted octanol–water partition coefficient (Wildman–Crippen LogP) is 2.00. The quantitative estimate of drug-likeness (QED) is 0.832. The van der Waals surface area contributed by atoms with Crippen LogP contribution in [0.5, 0.6) is 0 Å². The van der Waals surface area contributed by atoms with E-state index in [9.17, 15) is 13.2 Å². The van der Waals surface area contributed by atoms with E-state index in [0.717, 1.165) is 0 Å². The third-order valence-electron chi connectivity index (χ3n) is 3.37. The minimum Gasteiger partial charge on any atom is -0.478 e. The molecule has 1 aromatic carbocycles. The molecule has 0 heterocycles. The number of aryl methyl sites for hydroxylation is 2. The van der Waals surface area contributed by atoms with E-state index in [-0.39, 0.29) is 16.5 Å². The topological polar surface area (TPSA) is 83.5 Å². The lowest BCUT2D eigenvalue weighted by Crippen LogP contribution is -2.33. The molecule has 0 saturated heterocycles. The standard InChI is InChI=1S/C14H17NO4S/c1-9-7-10(2)13(8-12(9)14(16)17)20(18,19)15-11-5-3-4-6-11/h3-4,7-8,11,15H,5-6H2,1-2H3,(H,16,17). The normalized spacial score (nSPS) is 15.7. The number of carboxylic acids is 1. The highest BCUT2D eigenvalue weighted by Gasteiger charge is 2.24. The summed E-state index contributed by atoms with van der Waals surface area (Å²) in [5.74, 6) is -1.12. The van der Waals surface area contributed by atoms with Crippen molar-refractivity contribution >= 4 is 16.0 Å². The summed E-state index contributed by atoms with van der Waals surface area (Å²) in [6.45, 7) is 3.32. The molecular formula is C14H17NO4S. The Morgan fingerprint density at radius 2 is 1.80 bits per heavy atom. The zero-order valence-corrected chi connectivity index (χ0v) is 12.2. The molecule has 20 heavy (non-hydrogen) atoms. The van der Waals surface area contributed by atoms with Gasteiger partial charge >= 0.3 is 5.97 Å². The van der Waals surface area contributed by atoms with Crippen LogP contribution in [0.3, 0.4) is 0 Å². The van der Waals surface area contributed by atoms with Gasteiger partial charge in [0.25, 0.3) is 0 Å². The van der Waals surface area contributed by atoms with Crippen LogP contribution in [-0.4, -0.2) is 25.5 Å². The lowest BCUT2D eigenvalue weighted by atomic mass is 10.1. The van der Waals surface area contributed by atoms with Crippen LogP contribution in [0.4, 0.5) is 0 Å². The lowest BCUT2D eigenvalue weighted by molar-refractivity contribution is 0.0696. The maximum Gasteiger partial charge on any atom is 0.335 e. The fourth-order valence-corrected chi connectivity index (χ4v) is 3.86. The molecule has 0 spiro atoms. The molecule has 108 valence electrons. The van der Waals surface area contributed by atoms with Crippen LogP contribution in [0, 0.1) is 13.8 Å². The molecule has 0 unspecified atom stereocenters. The first kappa shape index (κ1) is 14.7. The average molecular weight is 295 g/mol. The SMILES string of the molecule is Cc1cc(C)c(S(=O)(=O)NC2CC=CC2)cc1C(=O)O. The molecule has 2 N–H and O–H groups in total. The highest BCUT2D eigenvalue weighted by molar-refractivity contribution is 7.89. The van der Waals surface area contributed by atoms with Gasteiger partial charge in [0.05, 0.1) is 10.5 Å². The molecule has 0 amide bonds.